The average Bonchev–Trinajstić information content (AvgIpc) is 2.78. The Labute approximate surface area is 196 Å². The summed E-state index contributed by atoms with van der Waals surface area (Å²) >= 11 is 0. The molecule has 2 aliphatic rings. The van der Waals surface area contributed by atoms with E-state index in [0.717, 1.165) is 18.7 Å². The second-order valence-electron chi connectivity index (χ2n) is 10.2. The number of carbonyl (C=O) groups excluding carboxylic acids is 1. The van der Waals surface area contributed by atoms with Crippen LogP contribution < -0.4 is 0 Å². The van der Waals surface area contributed by atoms with Crippen molar-refractivity contribution in [2.24, 2.45) is 0 Å². The van der Waals surface area contributed by atoms with Gasteiger partial charge in [-0.25, -0.2) is 4.79 Å². The highest BCUT2D eigenvalue weighted by Gasteiger charge is 2.46. The van der Waals surface area contributed by atoms with Gasteiger partial charge in [-0.05, 0) is 74.7 Å². The van der Waals surface area contributed by atoms with E-state index in [1.807, 2.05) is 64.1 Å². The van der Waals surface area contributed by atoms with Gasteiger partial charge in [0.25, 0.3) is 0 Å². The Morgan fingerprint density at radius 3 is 2.27 bits per heavy atom. The van der Waals surface area contributed by atoms with Crippen LogP contribution in [0.4, 0.5) is 0 Å². The van der Waals surface area contributed by atoms with Crippen LogP contribution in [0.2, 0.25) is 0 Å². The van der Waals surface area contributed by atoms with Gasteiger partial charge >= 0.3 is 5.97 Å². The summed E-state index contributed by atoms with van der Waals surface area (Å²) in [6.45, 7) is 9.46. The number of pyridine rings is 1. The molecule has 6 nitrogen and oxygen atoms in total. The van der Waals surface area contributed by atoms with Crippen molar-refractivity contribution in [1.82, 2.24) is 14.9 Å². The average molecular weight is 448 g/mol. The summed E-state index contributed by atoms with van der Waals surface area (Å²) in [5.74, 6) is -0.313. The Hall–Kier alpha value is -2.96. The van der Waals surface area contributed by atoms with Crippen molar-refractivity contribution in [3.8, 4) is 0 Å². The van der Waals surface area contributed by atoms with Gasteiger partial charge in [-0.1, -0.05) is 18.2 Å². The Morgan fingerprint density at radius 2 is 1.70 bits per heavy atom. The molecule has 1 aromatic heterocycles. The van der Waals surface area contributed by atoms with E-state index in [1.165, 1.54) is 16.2 Å². The Balaban J connectivity index is 1.33. The number of esters is 1. The number of piperidine rings is 1. The largest absolute Gasteiger partial charge is 0.459 e. The number of aromatic nitrogens is 1. The van der Waals surface area contributed by atoms with Crippen LogP contribution in [0.25, 0.3) is 5.57 Å². The van der Waals surface area contributed by atoms with Crippen molar-refractivity contribution in [3.05, 3.63) is 83.8 Å². The van der Waals surface area contributed by atoms with Crippen LogP contribution in [-0.4, -0.2) is 49.9 Å². The molecule has 6 heteroatoms. The molecule has 0 aliphatic carbocycles. The first-order valence-electron chi connectivity index (χ1n) is 11.5. The fourth-order valence-corrected chi connectivity index (χ4v) is 4.87. The molecule has 1 N–H and O–H groups in total. The number of ether oxygens (including phenoxy) is 1. The van der Waals surface area contributed by atoms with Crippen LogP contribution in [-0.2, 0) is 11.3 Å². The number of benzene rings is 1. The number of allylic oxidation sites excluding steroid dienone is 2. The van der Waals surface area contributed by atoms with Crippen LogP contribution in [0.1, 0.15) is 62.0 Å². The molecular formula is C27H33N3O3. The maximum atomic E-state index is 12.8. The van der Waals surface area contributed by atoms with E-state index in [9.17, 15) is 10.0 Å². The highest BCUT2D eigenvalue weighted by Crippen LogP contribution is 2.38. The third kappa shape index (κ3) is 5.34. The number of hydrogen-bond acceptors (Lipinski definition) is 6. The lowest BCUT2D eigenvalue weighted by Crippen LogP contribution is -2.60. The zero-order valence-corrected chi connectivity index (χ0v) is 19.9. The maximum absolute atomic E-state index is 12.8. The number of rotatable bonds is 5. The molecule has 0 atom stereocenters. The molecule has 2 aliphatic heterocycles. The second kappa shape index (κ2) is 9.12. The predicted molar refractivity (Wildman–Crippen MR) is 128 cm³/mol. The summed E-state index contributed by atoms with van der Waals surface area (Å²) in [6, 6.07) is 11.7. The van der Waals surface area contributed by atoms with E-state index < -0.39 is 11.1 Å². The quantitative estimate of drug-likeness (QED) is 0.646. The van der Waals surface area contributed by atoms with Crippen LogP contribution in [0, 0.1) is 0 Å². The number of hydroxylamine groups is 2. The molecule has 33 heavy (non-hydrogen) atoms. The highest BCUT2D eigenvalue weighted by molar-refractivity contribution is 5.89. The molecule has 174 valence electrons. The highest BCUT2D eigenvalue weighted by atomic mass is 16.5. The number of hydrogen-bond donors (Lipinski definition) is 1. The van der Waals surface area contributed by atoms with Gasteiger partial charge < -0.3 is 14.8 Å². The molecule has 3 heterocycles. The van der Waals surface area contributed by atoms with Crippen molar-refractivity contribution < 1.29 is 14.7 Å². The summed E-state index contributed by atoms with van der Waals surface area (Å²) in [5.41, 5.74) is 3.14. The minimum Gasteiger partial charge on any atom is -0.459 e. The minimum atomic E-state index is -0.454. The molecule has 0 unspecified atom stereocenters. The molecule has 0 saturated carbocycles. The van der Waals surface area contributed by atoms with Crippen molar-refractivity contribution in [3.63, 3.8) is 0 Å². The van der Waals surface area contributed by atoms with Gasteiger partial charge in [-0.2, -0.15) is 5.06 Å². The van der Waals surface area contributed by atoms with E-state index in [1.54, 1.807) is 12.4 Å². The van der Waals surface area contributed by atoms with Crippen molar-refractivity contribution in [1.29, 1.82) is 0 Å². The van der Waals surface area contributed by atoms with Crippen LogP contribution in [0.3, 0.4) is 0 Å². The van der Waals surface area contributed by atoms with Gasteiger partial charge in [0.2, 0.25) is 0 Å². The molecular weight excluding hydrogens is 414 g/mol. The van der Waals surface area contributed by atoms with E-state index in [0.29, 0.717) is 18.4 Å². The van der Waals surface area contributed by atoms with E-state index in [2.05, 4.69) is 28.2 Å². The minimum absolute atomic E-state index is 0.231. The SMILES string of the molecule is CC1(C)CC(OC(=O)c2ccc(CN3C=CC(c4ccncc4)=CC3)cc2)CC(C)(C)N1O. The molecule has 0 amide bonds. The lowest BCUT2D eigenvalue weighted by molar-refractivity contribution is -0.256. The molecule has 0 bridgehead atoms. The lowest BCUT2D eigenvalue weighted by atomic mass is 9.80. The van der Waals surface area contributed by atoms with Crippen molar-refractivity contribution in [2.75, 3.05) is 6.54 Å². The molecule has 1 aromatic carbocycles. The topological polar surface area (TPSA) is 65.9 Å². The molecule has 1 saturated heterocycles. The molecule has 0 radical (unpaired) electrons. The standard InChI is InChI=1S/C27H33N3O3/c1-26(2)17-24(18-27(3,4)30(26)32)33-25(31)23-7-5-20(6-8-23)19-29-15-11-22(12-16-29)21-9-13-28-14-10-21/h5-15,24,32H,16-19H2,1-4H3. The van der Waals surface area contributed by atoms with Gasteiger partial charge in [0.1, 0.15) is 6.10 Å². The zero-order chi connectivity index (χ0) is 23.6. The third-order valence-electron chi connectivity index (χ3n) is 6.47. The Bertz CT molecular complexity index is 1020. The van der Waals surface area contributed by atoms with Gasteiger partial charge in [0.15, 0.2) is 0 Å². The summed E-state index contributed by atoms with van der Waals surface area (Å²) in [6.07, 6.45) is 11.0. The van der Waals surface area contributed by atoms with Crippen molar-refractivity contribution in [2.45, 2.75) is 64.3 Å². The number of carbonyl (C=O) groups is 1. The lowest BCUT2D eigenvalue weighted by Gasteiger charge is -2.50. The van der Waals surface area contributed by atoms with Gasteiger partial charge in [-0.3, -0.25) is 4.98 Å². The summed E-state index contributed by atoms with van der Waals surface area (Å²) in [4.78, 5) is 19.1. The van der Waals surface area contributed by atoms with Crippen LogP contribution >= 0.6 is 0 Å². The monoisotopic (exact) mass is 447 g/mol. The summed E-state index contributed by atoms with van der Waals surface area (Å²) in [5, 5.41) is 11.8. The molecule has 2 aromatic rings. The fourth-order valence-electron chi connectivity index (χ4n) is 4.87. The van der Waals surface area contributed by atoms with Gasteiger partial charge in [0, 0.05) is 55.6 Å². The van der Waals surface area contributed by atoms with Crippen LogP contribution in [0.15, 0.2) is 67.1 Å². The first-order chi connectivity index (χ1) is 15.6. The molecule has 0 spiro atoms. The van der Waals surface area contributed by atoms with Gasteiger partial charge in [0.05, 0.1) is 5.56 Å². The zero-order valence-electron chi connectivity index (χ0n) is 19.9. The van der Waals surface area contributed by atoms with Gasteiger partial charge in [-0.15, -0.1) is 0 Å². The second-order valence-corrected chi connectivity index (χ2v) is 10.2. The molecule has 4 rings (SSSR count). The maximum Gasteiger partial charge on any atom is 0.338 e. The first-order valence-corrected chi connectivity index (χ1v) is 11.5. The Kier molecular flexibility index (Phi) is 6.41. The normalized spacial score (nSPS) is 20.4. The van der Waals surface area contributed by atoms with E-state index in [-0.39, 0.29) is 12.1 Å². The smallest absolute Gasteiger partial charge is 0.338 e. The fraction of sp³-hybridized carbons (Fsp3) is 0.407. The number of nitrogens with zero attached hydrogens (tertiary/aromatic N) is 3. The summed E-state index contributed by atoms with van der Waals surface area (Å²) in [7, 11) is 0. The summed E-state index contributed by atoms with van der Waals surface area (Å²) < 4.78 is 5.83. The first kappa shape index (κ1) is 23.2. The predicted octanol–water partition coefficient (Wildman–Crippen LogP) is 5.06. The van der Waals surface area contributed by atoms with Crippen molar-refractivity contribution >= 4 is 11.5 Å². The third-order valence-corrected chi connectivity index (χ3v) is 6.47. The molecule has 1 fully saturated rings. The Morgan fingerprint density at radius 1 is 1.06 bits per heavy atom. The van der Waals surface area contributed by atoms with Crippen LogP contribution in [0.5, 0.6) is 0 Å². The van der Waals surface area contributed by atoms with E-state index >= 15 is 0 Å². The van der Waals surface area contributed by atoms with E-state index in [4.69, 9.17) is 4.74 Å².